The second-order valence-corrected chi connectivity index (χ2v) is 14.6. The fraction of sp³-hybridized carbons (Fsp3) is 0.737. The van der Waals surface area contributed by atoms with Crippen molar-refractivity contribution < 1.29 is 19.4 Å². The molecule has 2 atom stereocenters. The molecule has 0 fully saturated rings. The molecule has 0 aliphatic carbocycles. The van der Waals surface area contributed by atoms with Gasteiger partial charge in [-0.15, -0.1) is 11.3 Å². The van der Waals surface area contributed by atoms with Crippen molar-refractivity contribution in [2.45, 2.75) is 83.5 Å². The summed E-state index contributed by atoms with van der Waals surface area (Å²) in [4.78, 5) is 13.6. The van der Waals surface area contributed by atoms with Crippen molar-refractivity contribution in [1.29, 1.82) is 0 Å². The number of aliphatic hydroxyl groups excluding tert-OH is 1. The van der Waals surface area contributed by atoms with Crippen LogP contribution in [0, 0.1) is 0 Å². The largest absolute Gasteiger partial charge is 0.456 e. The molecule has 1 aliphatic heterocycles. The predicted octanol–water partition coefficient (Wildman–Crippen LogP) is 4.31. The fourth-order valence-corrected chi connectivity index (χ4v) is 8.80. The van der Waals surface area contributed by atoms with Crippen LogP contribution in [0.1, 0.15) is 68.4 Å². The number of ether oxygens (including phenoxy) is 2. The van der Waals surface area contributed by atoms with Crippen LogP contribution in [0.15, 0.2) is 0 Å². The number of fused-ring (bicyclic) bond motifs is 1. The molecule has 3 N–H and O–H groups in total. The molecule has 2 unspecified atom stereocenters. The van der Waals surface area contributed by atoms with Gasteiger partial charge in [0.05, 0.1) is 26.0 Å². The third-order valence-corrected chi connectivity index (χ3v) is 12.5. The maximum absolute atomic E-state index is 12.7. The average molecular weight is 400 g/mol. The Balaban J connectivity index is 2.42. The molecule has 0 amide bonds. The van der Waals surface area contributed by atoms with Crippen molar-refractivity contribution in [3.8, 4) is 0 Å². The summed E-state index contributed by atoms with van der Waals surface area (Å²) in [6, 6.07) is 3.03. The second kappa shape index (κ2) is 8.00. The Hall–Kier alpha value is -0.893. The van der Waals surface area contributed by atoms with Crippen molar-refractivity contribution in [2.24, 2.45) is 0 Å². The van der Waals surface area contributed by atoms with Crippen LogP contribution in [0.3, 0.4) is 0 Å². The Bertz CT molecular complexity index is 640. The first kappa shape index (κ1) is 21.4. The van der Waals surface area contributed by atoms with Gasteiger partial charge in [0.2, 0.25) is 0 Å². The van der Waals surface area contributed by atoms with Crippen molar-refractivity contribution in [3.05, 3.63) is 16.0 Å². The third kappa shape index (κ3) is 4.00. The molecule has 1 aliphatic rings. The van der Waals surface area contributed by atoms with Crippen LogP contribution >= 0.6 is 11.3 Å². The molecule has 0 aromatic carbocycles. The molecule has 1 aromatic heterocycles. The van der Waals surface area contributed by atoms with Gasteiger partial charge in [-0.05, 0) is 32.8 Å². The zero-order chi connectivity index (χ0) is 19.7. The number of nitrogen functional groups attached to an aromatic ring is 1. The molecule has 2 heterocycles. The standard InChI is InChI=1S/C19H33NO4SSi/c1-7-26(8-2,9-3)18(22)14-15-12(10-11-23-14)13(16(20)25-15)17(21)24-19(4,5)6/h14,18,22H,7-11,20H2,1-6H3. The molecule has 7 heteroatoms. The monoisotopic (exact) mass is 399 g/mol. The SMILES string of the molecule is CC[Si](CC)(CC)C(O)C1OCCc2c1sc(N)c2C(=O)OC(C)(C)C. The number of aliphatic hydroxyl groups is 1. The van der Waals surface area contributed by atoms with Gasteiger partial charge >= 0.3 is 5.97 Å². The molecule has 0 saturated carbocycles. The summed E-state index contributed by atoms with van der Waals surface area (Å²) in [5, 5.41) is 11.7. The number of hydrogen-bond donors (Lipinski definition) is 2. The minimum atomic E-state index is -1.87. The summed E-state index contributed by atoms with van der Waals surface area (Å²) >= 11 is 1.37. The number of carbonyl (C=O) groups is 1. The lowest BCUT2D eigenvalue weighted by molar-refractivity contribution is -0.0172. The molecule has 5 nitrogen and oxygen atoms in total. The van der Waals surface area contributed by atoms with E-state index in [0.717, 1.165) is 28.6 Å². The van der Waals surface area contributed by atoms with E-state index in [9.17, 15) is 9.90 Å². The van der Waals surface area contributed by atoms with Gasteiger partial charge < -0.3 is 20.3 Å². The summed E-state index contributed by atoms with van der Waals surface area (Å²) in [7, 11) is -1.87. The number of hydrogen-bond acceptors (Lipinski definition) is 6. The van der Waals surface area contributed by atoms with Crippen molar-refractivity contribution >= 4 is 30.4 Å². The maximum atomic E-state index is 12.7. The highest BCUT2D eigenvalue weighted by molar-refractivity contribution is 7.16. The van der Waals surface area contributed by atoms with Crippen LogP contribution in [0.4, 0.5) is 5.00 Å². The highest BCUT2D eigenvalue weighted by Crippen LogP contribution is 2.44. The molecule has 0 bridgehead atoms. The number of anilines is 1. The molecular weight excluding hydrogens is 366 g/mol. The van der Waals surface area contributed by atoms with E-state index in [1.54, 1.807) is 0 Å². The third-order valence-electron chi connectivity index (χ3n) is 5.60. The van der Waals surface area contributed by atoms with Crippen LogP contribution in [0.2, 0.25) is 18.1 Å². The lowest BCUT2D eigenvalue weighted by atomic mass is 10.0. The highest BCUT2D eigenvalue weighted by atomic mass is 32.1. The van der Waals surface area contributed by atoms with Gasteiger partial charge in [0.15, 0.2) is 0 Å². The molecule has 0 radical (unpaired) electrons. The summed E-state index contributed by atoms with van der Waals surface area (Å²) in [6.45, 7) is 12.5. The fourth-order valence-electron chi connectivity index (χ4n) is 3.83. The normalized spacial score (nSPS) is 19.1. The van der Waals surface area contributed by atoms with E-state index in [4.69, 9.17) is 15.2 Å². The van der Waals surface area contributed by atoms with Crippen LogP contribution in [0.5, 0.6) is 0 Å². The smallest absolute Gasteiger partial charge is 0.341 e. The van der Waals surface area contributed by atoms with Gasteiger partial charge in [0, 0.05) is 4.88 Å². The van der Waals surface area contributed by atoms with Gasteiger partial charge in [0.1, 0.15) is 16.7 Å². The van der Waals surface area contributed by atoms with Gasteiger partial charge in [-0.25, -0.2) is 4.79 Å². The predicted molar refractivity (Wildman–Crippen MR) is 110 cm³/mol. The number of nitrogens with two attached hydrogens (primary N) is 1. The number of thiophene rings is 1. The zero-order valence-electron chi connectivity index (χ0n) is 16.8. The molecule has 2 rings (SSSR count). The maximum Gasteiger partial charge on any atom is 0.341 e. The first-order valence-electron chi connectivity index (χ1n) is 9.54. The summed E-state index contributed by atoms with van der Waals surface area (Å²) in [5.74, 6) is -0.382. The number of esters is 1. The molecule has 26 heavy (non-hydrogen) atoms. The average Bonchev–Trinajstić information content (AvgIpc) is 2.91. The van der Waals surface area contributed by atoms with Crippen LogP contribution < -0.4 is 5.73 Å². The quantitative estimate of drug-likeness (QED) is 0.550. The van der Waals surface area contributed by atoms with Gasteiger partial charge in [-0.1, -0.05) is 38.9 Å². The van der Waals surface area contributed by atoms with Gasteiger partial charge in [-0.3, -0.25) is 0 Å². The Kier molecular flexibility index (Phi) is 6.59. The van der Waals surface area contributed by atoms with Crippen molar-refractivity contribution in [3.63, 3.8) is 0 Å². The topological polar surface area (TPSA) is 81.8 Å². The minimum absolute atomic E-state index is 0.381. The number of rotatable bonds is 6. The van der Waals surface area contributed by atoms with Crippen molar-refractivity contribution in [1.82, 2.24) is 0 Å². The Morgan fingerprint density at radius 3 is 2.42 bits per heavy atom. The Labute approximate surface area is 161 Å². The van der Waals surface area contributed by atoms with Gasteiger partial charge in [0.25, 0.3) is 0 Å². The van der Waals surface area contributed by atoms with Crippen LogP contribution in [0.25, 0.3) is 0 Å². The minimum Gasteiger partial charge on any atom is -0.456 e. The van der Waals surface area contributed by atoms with Crippen LogP contribution in [-0.2, 0) is 15.9 Å². The van der Waals surface area contributed by atoms with E-state index in [0.29, 0.717) is 23.6 Å². The number of carbonyl (C=O) groups excluding carboxylic acids is 1. The van der Waals surface area contributed by atoms with E-state index in [-0.39, 0.29) is 12.1 Å². The van der Waals surface area contributed by atoms with E-state index >= 15 is 0 Å². The summed E-state index contributed by atoms with van der Waals surface area (Å²) in [6.07, 6.45) is 0.244. The van der Waals surface area contributed by atoms with Crippen LogP contribution in [-0.4, -0.2) is 37.1 Å². The molecule has 0 spiro atoms. The lowest BCUT2D eigenvalue weighted by Crippen LogP contribution is -2.50. The highest BCUT2D eigenvalue weighted by Gasteiger charge is 2.44. The first-order chi connectivity index (χ1) is 12.1. The lowest BCUT2D eigenvalue weighted by Gasteiger charge is -2.39. The van der Waals surface area contributed by atoms with E-state index in [2.05, 4.69) is 20.8 Å². The molecule has 148 valence electrons. The molecular formula is C19H33NO4SSi. The van der Waals surface area contributed by atoms with Gasteiger partial charge in [-0.2, -0.15) is 0 Å². The van der Waals surface area contributed by atoms with E-state index in [1.165, 1.54) is 11.3 Å². The zero-order valence-corrected chi connectivity index (χ0v) is 18.7. The van der Waals surface area contributed by atoms with E-state index in [1.807, 2.05) is 20.8 Å². The second-order valence-electron chi connectivity index (χ2n) is 8.10. The Morgan fingerprint density at radius 2 is 1.92 bits per heavy atom. The first-order valence-corrected chi connectivity index (χ1v) is 13.1. The van der Waals surface area contributed by atoms with Crippen molar-refractivity contribution in [2.75, 3.05) is 12.3 Å². The van der Waals surface area contributed by atoms with E-state index < -0.39 is 19.4 Å². The Morgan fingerprint density at radius 1 is 1.35 bits per heavy atom. The summed E-state index contributed by atoms with van der Waals surface area (Å²) in [5.41, 5.74) is 6.51. The molecule has 1 aromatic rings. The summed E-state index contributed by atoms with van der Waals surface area (Å²) < 4.78 is 11.6. The molecule has 0 saturated heterocycles.